The first-order valence-corrected chi connectivity index (χ1v) is 6.37. The molecule has 0 radical (unpaired) electrons. The third-order valence-corrected chi connectivity index (χ3v) is 2.90. The Kier molecular flexibility index (Phi) is 4.01. The molecule has 1 aromatic rings. The summed E-state index contributed by atoms with van der Waals surface area (Å²) in [5.74, 6) is 6.06. The number of β-amino-alcohol motifs (C(OH)–C–C–N with tert-alkyl or cyclic N) is 1. The van der Waals surface area contributed by atoms with Crippen molar-refractivity contribution in [2.24, 2.45) is 5.84 Å². The Hall–Kier alpha value is -1.67. The summed E-state index contributed by atoms with van der Waals surface area (Å²) in [4.78, 5) is 14.3. The lowest BCUT2D eigenvalue weighted by Crippen LogP contribution is -2.31. The Morgan fingerprint density at radius 3 is 2.84 bits per heavy atom. The molecule has 106 valence electrons. The number of aromatic nitrogens is 3. The van der Waals surface area contributed by atoms with Gasteiger partial charge in [0.1, 0.15) is 0 Å². The number of hydrogen-bond donors (Lipinski definition) is 3. The first kappa shape index (κ1) is 13.8. The van der Waals surface area contributed by atoms with E-state index in [9.17, 15) is 5.11 Å². The fraction of sp³-hybridized carbons (Fsp3) is 0.727. The van der Waals surface area contributed by atoms with Gasteiger partial charge in [0.05, 0.1) is 12.2 Å². The summed E-state index contributed by atoms with van der Waals surface area (Å²) in [5, 5.41) is 9.98. The number of nitrogens with one attached hydrogen (secondary N) is 1. The maximum Gasteiger partial charge on any atom is 0.323 e. The zero-order chi connectivity index (χ0) is 13.9. The monoisotopic (exact) mass is 268 g/mol. The lowest BCUT2D eigenvalue weighted by atomic mass is 10.1. The van der Waals surface area contributed by atoms with E-state index in [1.807, 2.05) is 11.8 Å². The number of nitrogens with zero attached hydrogens (tertiary/aromatic N) is 4. The quantitative estimate of drug-likeness (QED) is 0.502. The molecule has 1 fully saturated rings. The number of nitrogen functional groups attached to an aromatic ring is 1. The number of nitrogens with two attached hydrogens (primary N) is 1. The molecule has 8 nitrogen and oxygen atoms in total. The van der Waals surface area contributed by atoms with Crippen molar-refractivity contribution in [2.45, 2.75) is 32.3 Å². The van der Waals surface area contributed by atoms with Gasteiger partial charge in [0.15, 0.2) is 0 Å². The van der Waals surface area contributed by atoms with Crippen LogP contribution in [0.15, 0.2) is 0 Å². The van der Waals surface area contributed by atoms with Gasteiger partial charge in [0.2, 0.25) is 11.9 Å². The van der Waals surface area contributed by atoms with Gasteiger partial charge in [-0.05, 0) is 19.8 Å². The van der Waals surface area contributed by atoms with E-state index in [2.05, 4.69) is 20.4 Å². The number of anilines is 2. The first-order chi connectivity index (χ1) is 9.04. The molecule has 1 saturated heterocycles. The average molecular weight is 268 g/mol. The summed E-state index contributed by atoms with van der Waals surface area (Å²) in [6.45, 7) is 5.50. The highest BCUT2D eigenvalue weighted by molar-refractivity contribution is 5.39. The molecular weight excluding hydrogens is 248 g/mol. The summed E-state index contributed by atoms with van der Waals surface area (Å²) in [5.41, 5.74) is 1.68. The van der Waals surface area contributed by atoms with Crippen LogP contribution in [0.25, 0.3) is 0 Å². The van der Waals surface area contributed by atoms with Gasteiger partial charge in [0, 0.05) is 13.1 Å². The number of aliphatic hydroxyl groups is 1. The third kappa shape index (κ3) is 3.42. The topological polar surface area (TPSA) is 109 Å². The average Bonchev–Trinajstić information content (AvgIpc) is 2.76. The van der Waals surface area contributed by atoms with E-state index in [-0.39, 0.29) is 12.0 Å². The van der Waals surface area contributed by atoms with Crippen LogP contribution in [0.4, 0.5) is 11.9 Å². The van der Waals surface area contributed by atoms with Crippen molar-refractivity contribution in [1.82, 2.24) is 15.0 Å². The second-order valence-electron chi connectivity index (χ2n) is 4.90. The summed E-state index contributed by atoms with van der Waals surface area (Å²) < 4.78 is 5.40. The molecule has 1 atom stereocenters. The molecule has 0 amide bonds. The molecule has 1 unspecified atom stereocenters. The van der Waals surface area contributed by atoms with E-state index >= 15 is 0 Å². The van der Waals surface area contributed by atoms with Crippen LogP contribution in [0.3, 0.4) is 0 Å². The Bertz CT molecular complexity index is 439. The van der Waals surface area contributed by atoms with Crippen molar-refractivity contribution in [2.75, 3.05) is 30.0 Å². The molecule has 2 heterocycles. The van der Waals surface area contributed by atoms with Gasteiger partial charge in [-0.1, -0.05) is 6.92 Å². The lowest BCUT2D eigenvalue weighted by Gasteiger charge is -2.19. The van der Waals surface area contributed by atoms with Crippen LogP contribution >= 0.6 is 0 Å². The standard InChI is InChI=1S/C11H20N6O2/c1-3-6-19-10-14-8(16-12)13-9(15-10)17-5-4-11(2,18)7-17/h18H,3-7,12H2,1-2H3,(H,13,14,15,16). The fourth-order valence-electron chi connectivity index (χ4n) is 1.93. The number of ether oxygens (including phenoxy) is 1. The Labute approximate surface area is 112 Å². The molecule has 4 N–H and O–H groups in total. The van der Waals surface area contributed by atoms with E-state index in [1.165, 1.54) is 0 Å². The molecule has 0 aliphatic carbocycles. The minimum atomic E-state index is -0.715. The zero-order valence-corrected chi connectivity index (χ0v) is 11.3. The van der Waals surface area contributed by atoms with Crippen molar-refractivity contribution in [3.8, 4) is 6.01 Å². The maximum atomic E-state index is 9.98. The molecule has 0 saturated carbocycles. The van der Waals surface area contributed by atoms with E-state index < -0.39 is 5.60 Å². The van der Waals surface area contributed by atoms with Crippen molar-refractivity contribution >= 4 is 11.9 Å². The molecule has 0 bridgehead atoms. The van der Waals surface area contributed by atoms with Gasteiger partial charge < -0.3 is 14.7 Å². The summed E-state index contributed by atoms with van der Waals surface area (Å²) >= 11 is 0. The highest BCUT2D eigenvalue weighted by atomic mass is 16.5. The van der Waals surface area contributed by atoms with Crippen LogP contribution in [-0.2, 0) is 0 Å². The Morgan fingerprint density at radius 1 is 1.47 bits per heavy atom. The molecule has 1 aromatic heterocycles. The van der Waals surface area contributed by atoms with Crippen LogP contribution < -0.4 is 20.9 Å². The van der Waals surface area contributed by atoms with E-state index in [4.69, 9.17) is 10.6 Å². The highest BCUT2D eigenvalue weighted by Gasteiger charge is 2.33. The highest BCUT2D eigenvalue weighted by Crippen LogP contribution is 2.25. The van der Waals surface area contributed by atoms with Crippen LogP contribution in [0, 0.1) is 0 Å². The second kappa shape index (κ2) is 5.54. The van der Waals surface area contributed by atoms with Gasteiger partial charge in [-0.15, -0.1) is 0 Å². The predicted molar refractivity (Wildman–Crippen MR) is 70.9 cm³/mol. The van der Waals surface area contributed by atoms with Crippen LogP contribution in [0.2, 0.25) is 0 Å². The number of rotatable bonds is 5. The molecule has 0 aromatic carbocycles. The molecule has 1 aliphatic rings. The molecule has 19 heavy (non-hydrogen) atoms. The summed E-state index contributed by atoms with van der Waals surface area (Å²) in [6.07, 6.45) is 1.54. The van der Waals surface area contributed by atoms with Crippen molar-refractivity contribution < 1.29 is 9.84 Å². The van der Waals surface area contributed by atoms with E-state index in [1.54, 1.807) is 6.92 Å². The largest absolute Gasteiger partial charge is 0.463 e. The van der Waals surface area contributed by atoms with Crippen LogP contribution in [0.5, 0.6) is 6.01 Å². The summed E-state index contributed by atoms with van der Waals surface area (Å²) in [6, 6.07) is 0.242. The normalized spacial score (nSPS) is 22.6. The number of hydrazine groups is 1. The first-order valence-electron chi connectivity index (χ1n) is 6.37. The van der Waals surface area contributed by atoms with Gasteiger partial charge >= 0.3 is 6.01 Å². The van der Waals surface area contributed by atoms with Crippen molar-refractivity contribution in [3.63, 3.8) is 0 Å². The molecular formula is C11H20N6O2. The predicted octanol–water partition coefficient (Wildman–Crippen LogP) is -0.0929. The number of hydrogen-bond acceptors (Lipinski definition) is 8. The minimum absolute atomic E-state index is 0.242. The molecule has 2 rings (SSSR count). The Morgan fingerprint density at radius 2 is 2.26 bits per heavy atom. The van der Waals surface area contributed by atoms with Gasteiger partial charge in [-0.25, -0.2) is 5.84 Å². The molecule has 8 heteroatoms. The fourth-order valence-corrected chi connectivity index (χ4v) is 1.93. The van der Waals surface area contributed by atoms with E-state index in [0.717, 1.165) is 6.42 Å². The van der Waals surface area contributed by atoms with Gasteiger partial charge in [-0.3, -0.25) is 5.43 Å². The smallest absolute Gasteiger partial charge is 0.323 e. The maximum absolute atomic E-state index is 9.98. The van der Waals surface area contributed by atoms with Gasteiger partial charge in [0.25, 0.3) is 0 Å². The van der Waals surface area contributed by atoms with Crippen molar-refractivity contribution in [3.05, 3.63) is 0 Å². The van der Waals surface area contributed by atoms with Crippen molar-refractivity contribution in [1.29, 1.82) is 0 Å². The third-order valence-electron chi connectivity index (χ3n) is 2.90. The second-order valence-corrected chi connectivity index (χ2v) is 4.90. The minimum Gasteiger partial charge on any atom is -0.463 e. The summed E-state index contributed by atoms with van der Waals surface area (Å²) in [7, 11) is 0. The Balaban J connectivity index is 2.19. The van der Waals surface area contributed by atoms with Crippen LogP contribution in [-0.4, -0.2) is 45.4 Å². The lowest BCUT2D eigenvalue weighted by molar-refractivity contribution is 0.0838. The SMILES string of the molecule is CCCOc1nc(NN)nc(N2CCC(C)(O)C2)n1. The molecule has 0 spiro atoms. The zero-order valence-electron chi connectivity index (χ0n) is 11.3. The van der Waals surface area contributed by atoms with Crippen LogP contribution in [0.1, 0.15) is 26.7 Å². The van der Waals surface area contributed by atoms with Gasteiger partial charge in [-0.2, -0.15) is 15.0 Å². The molecule has 1 aliphatic heterocycles. The van der Waals surface area contributed by atoms with E-state index in [0.29, 0.717) is 32.1 Å².